The van der Waals surface area contributed by atoms with Crippen LogP contribution in [0.25, 0.3) is 22.3 Å². The van der Waals surface area contributed by atoms with Crippen LogP contribution in [0.1, 0.15) is 18.4 Å². The predicted molar refractivity (Wildman–Crippen MR) is 180 cm³/mol. The number of phenols is 3. The van der Waals surface area contributed by atoms with Crippen molar-refractivity contribution in [2.24, 2.45) is 16.5 Å². The van der Waals surface area contributed by atoms with Crippen LogP contribution < -0.4 is 21.6 Å². The number of carbonyl (C=O) groups is 2. The molecule has 2 fully saturated rings. The molecule has 2 aromatic carbocycles. The number of nitrogens with zero attached hydrogens (tertiary/aromatic N) is 1. The fourth-order valence-corrected chi connectivity index (χ4v) is 6.14. The van der Waals surface area contributed by atoms with Crippen molar-refractivity contribution < 1.29 is 89.1 Å². The molecule has 300 valence electrons. The Morgan fingerprint density at radius 2 is 1.56 bits per heavy atom. The molecule has 22 nitrogen and oxygen atoms in total. The summed E-state index contributed by atoms with van der Waals surface area (Å²) in [6, 6.07) is 5.34. The minimum Gasteiger partial charge on any atom is -0.507 e. The Kier molecular flexibility index (Phi) is 12.0. The first kappa shape index (κ1) is 40.9. The van der Waals surface area contributed by atoms with Crippen LogP contribution in [0, 0.1) is 0 Å². The van der Waals surface area contributed by atoms with E-state index in [1.807, 2.05) is 0 Å². The molecule has 0 spiro atoms. The fraction of sp³-hybridized carbons (Fsp3) is 0.455. The highest BCUT2D eigenvalue weighted by Crippen LogP contribution is 2.39. The molecule has 3 aromatic rings. The van der Waals surface area contributed by atoms with Crippen LogP contribution in [0.15, 0.2) is 44.5 Å². The Hall–Kier alpha value is -5.30. The largest absolute Gasteiger partial charge is 0.507 e. The number of phenolic OH excluding ortho intramolecular Hbond substituents is 3. The van der Waals surface area contributed by atoms with Gasteiger partial charge in [-0.05, 0) is 25.0 Å². The Morgan fingerprint density at radius 1 is 0.873 bits per heavy atom. The maximum absolute atomic E-state index is 13.6. The van der Waals surface area contributed by atoms with Crippen LogP contribution in [0.3, 0.4) is 0 Å². The number of carboxylic acid groups (broad SMARTS) is 1. The number of fused-ring (bicyclic) bond motifs is 1. The smallest absolute Gasteiger partial charge is 0.340 e. The summed E-state index contributed by atoms with van der Waals surface area (Å²) in [5.41, 5.74) is 9.74. The van der Waals surface area contributed by atoms with E-state index < -0.39 is 108 Å². The molecule has 2 aliphatic rings. The number of rotatable bonds is 12. The monoisotopic (exact) mass is 781 g/mol. The van der Waals surface area contributed by atoms with Gasteiger partial charge in [-0.2, -0.15) is 0 Å². The molecule has 0 radical (unpaired) electrons. The minimum absolute atomic E-state index is 0.0649. The Bertz CT molecular complexity index is 2000. The topological polar surface area (TPSA) is 388 Å². The Morgan fingerprint density at radius 3 is 2.22 bits per heavy atom. The van der Waals surface area contributed by atoms with Gasteiger partial charge in [-0.25, -0.2) is 9.59 Å². The third kappa shape index (κ3) is 8.22. The second-order valence-electron chi connectivity index (χ2n) is 12.7. The zero-order valence-corrected chi connectivity index (χ0v) is 28.4. The normalized spacial score (nSPS) is 29.4. The first-order chi connectivity index (χ1) is 25.9. The Balaban J connectivity index is 1.44. The summed E-state index contributed by atoms with van der Waals surface area (Å²) >= 11 is 0. The van der Waals surface area contributed by atoms with Crippen molar-refractivity contribution in [3.8, 4) is 34.3 Å². The second-order valence-corrected chi connectivity index (χ2v) is 12.7. The highest BCUT2D eigenvalue weighted by molar-refractivity contribution is 5.86. The third-order valence-electron chi connectivity index (χ3n) is 8.93. The number of guanidine groups is 1. The van der Waals surface area contributed by atoms with E-state index in [-0.39, 0.29) is 59.8 Å². The van der Waals surface area contributed by atoms with Crippen LogP contribution in [-0.2, 0) is 30.2 Å². The van der Waals surface area contributed by atoms with Crippen molar-refractivity contribution in [3.63, 3.8) is 0 Å². The first-order valence-electron chi connectivity index (χ1n) is 16.5. The van der Waals surface area contributed by atoms with Crippen LogP contribution in [0.2, 0.25) is 0 Å². The number of nitrogens with two attached hydrogens (primary N) is 2. The SMILES string of the molecule is NC(N)=NCCC[C@]1(OC(=O)[C@H]2O[C@H](Oc3cc(O)c4c(=O)cc(-c5cc(O)c(O)c(CCO)c5)oc4c3)[C@H](O)[C@@H](O)[C@@H]2O)O[C@H](C(=O)O)[C@@H](O)[C@H](O)[C@H]1O. The van der Waals surface area contributed by atoms with Gasteiger partial charge in [-0.1, -0.05) is 0 Å². The average Bonchev–Trinajstić information content (AvgIpc) is 3.12. The molecule has 15 N–H and O–H groups in total. The summed E-state index contributed by atoms with van der Waals surface area (Å²) in [6.07, 6.45) is -20.8. The fourth-order valence-electron chi connectivity index (χ4n) is 6.14. The molecule has 0 bridgehead atoms. The quantitative estimate of drug-likeness (QED) is 0.0275. The number of aliphatic imine (C=N–C) groups is 1. The van der Waals surface area contributed by atoms with E-state index in [1.54, 1.807) is 0 Å². The molecule has 2 saturated heterocycles. The molecular formula is C33H39N3O19. The maximum Gasteiger partial charge on any atom is 0.340 e. The average molecular weight is 782 g/mol. The molecule has 1 aromatic heterocycles. The summed E-state index contributed by atoms with van der Waals surface area (Å²) in [6.45, 7) is -0.568. The standard InChI is InChI=1S/C33H39N3O19/c34-32(35)36-4-1-3-33(28(47)24(45)23(44)26(54-33)29(48)49)55-30(50)27-22(43)21(42)25(46)31(53-27)51-13-8-14(38)19-15(39)10-17(52-18(19)9-13)12-6-11(2-5-37)20(41)16(40)7-12/h6-10,21-28,31,37-38,40-47H,1-5H2,(H,48,49)(H4,34,35,36)/t21-,22-,23-,24-,25+,26-,27-,28+,31-,33+/m0/s1. The van der Waals surface area contributed by atoms with E-state index in [0.29, 0.717) is 0 Å². The van der Waals surface area contributed by atoms with Crippen molar-refractivity contribution in [1.29, 1.82) is 0 Å². The number of ether oxygens (including phenoxy) is 4. The summed E-state index contributed by atoms with van der Waals surface area (Å²) in [5.74, 6) is -8.92. The van der Waals surface area contributed by atoms with Gasteiger partial charge in [0.15, 0.2) is 35.1 Å². The van der Waals surface area contributed by atoms with Crippen molar-refractivity contribution in [1.82, 2.24) is 0 Å². The van der Waals surface area contributed by atoms with Crippen LogP contribution in [-0.4, -0.2) is 148 Å². The summed E-state index contributed by atoms with van der Waals surface area (Å²) in [7, 11) is 0. The van der Waals surface area contributed by atoms with E-state index in [4.69, 9.17) is 34.8 Å². The Labute approximate surface area is 308 Å². The lowest BCUT2D eigenvalue weighted by Gasteiger charge is -2.47. The molecule has 55 heavy (non-hydrogen) atoms. The number of aliphatic hydroxyl groups excluding tert-OH is 7. The molecular weight excluding hydrogens is 742 g/mol. The van der Waals surface area contributed by atoms with Gasteiger partial charge in [0.1, 0.15) is 64.9 Å². The number of benzene rings is 2. The summed E-state index contributed by atoms with van der Waals surface area (Å²) < 4.78 is 27.5. The zero-order valence-electron chi connectivity index (χ0n) is 28.4. The van der Waals surface area contributed by atoms with Crippen LogP contribution >= 0.6 is 0 Å². The first-order valence-corrected chi connectivity index (χ1v) is 16.5. The van der Waals surface area contributed by atoms with Gasteiger partial charge < -0.3 is 91.0 Å². The molecule has 0 amide bonds. The van der Waals surface area contributed by atoms with Crippen LogP contribution in [0.5, 0.6) is 23.0 Å². The van der Waals surface area contributed by atoms with Crippen molar-refractivity contribution >= 4 is 28.9 Å². The van der Waals surface area contributed by atoms with Crippen molar-refractivity contribution in [2.45, 2.75) is 80.2 Å². The van der Waals surface area contributed by atoms with Gasteiger partial charge in [0.2, 0.25) is 12.1 Å². The van der Waals surface area contributed by atoms with Gasteiger partial charge in [0.25, 0.3) is 0 Å². The minimum atomic E-state index is -2.75. The van der Waals surface area contributed by atoms with Gasteiger partial charge in [-0.15, -0.1) is 0 Å². The number of hydrogen-bond acceptors (Lipinski definition) is 19. The predicted octanol–water partition coefficient (Wildman–Crippen LogP) is -3.84. The molecule has 0 saturated carbocycles. The number of hydrogen-bond donors (Lipinski definition) is 13. The van der Waals surface area contributed by atoms with E-state index in [2.05, 4.69) is 4.99 Å². The number of aromatic hydroxyl groups is 3. The molecule has 3 heterocycles. The van der Waals surface area contributed by atoms with E-state index >= 15 is 0 Å². The molecule has 0 unspecified atom stereocenters. The van der Waals surface area contributed by atoms with Crippen molar-refractivity contribution in [3.05, 3.63) is 46.1 Å². The summed E-state index contributed by atoms with van der Waals surface area (Å²) in [5, 5.41) is 113. The highest BCUT2D eigenvalue weighted by Gasteiger charge is 2.59. The van der Waals surface area contributed by atoms with E-state index in [1.165, 1.54) is 6.07 Å². The number of carboxylic acids is 1. The second kappa shape index (κ2) is 16.2. The zero-order chi connectivity index (χ0) is 40.5. The number of carbonyl (C=O) groups excluding carboxylic acids is 1. The number of esters is 1. The van der Waals surface area contributed by atoms with E-state index in [9.17, 15) is 70.6 Å². The van der Waals surface area contributed by atoms with Gasteiger partial charge in [0, 0.05) is 48.9 Å². The molecule has 0 aliphatic carbocycles. The van der Waals surface area contributed by atoms with Gasteiger partial charge in [-0.3, -0.25) is 9.79 Å². The van der Waals surface area contributed by atoms with Gasteiger partial charge in [0.05, 0.1) is 0 Å². The maximum atomic E-state index is 13.6. The molecule has 2 aliphatic heterocycles. The molecule has 5 rings (SSSR count). The third-order valence-corrected chi connectivity index (χ3v) is 8.93. The van der Waals surface area contributed by atoms with Gasteiger partial charge >= 0.3 is 11.9 Å². The number of aliphatic hydroxyl groups is 7. The van der Waals surface area contributed by atoms with Crippen molar-refractivity contribution in [2.75, 3.05) is 13.2 Å². The van der Waals surface area contributed by atoms with Crippen LogP contribution in [0.4, 0.5) is 0 Å². The summed E-state index contributed by atoms with van der Waals surface area (Å²) in [4.78, 5) is 42.2. The molecule has 22 heteroatoms. The lowest BCUT2D eigenvalue weighted by molar-refractivity contribution is -0.353. The number of aliphatic carboxylic acids is 1. The lowest BCUT2D eigenvalue weighted by Crippen LogP contribution is -2.68. The van der Waals surface area contributed by atoms with E-state index in [0.717, 1.165) is 24.3 Å². The lowest BCUT2D eigenvalue weighted by atomic mass is 9.89. The highest BCUT2D eigenvalue weighted by atomic mass is 16.8. The molecule has 10 atom stereocenters.